The lowest BCUT2D eigenvalue weighted by Crippen LogP contribution is -2.61. The molecule has 1 aromatic rings. The number of piperidine rings is 2. The lowest BCUT2D eigenvalue weighted by Gasteiger charge is -2.41. The molecule has 4 aliphatic rings. The van der Waals surface area contributed by atoms with E-state index in [1.54, 1.807) is 11.3 Å². The SMILES string of the molecule is CCCCC[C@@H](NC1CCCCC1)C(=O)N1CC[C@@H](NC(=O)N2CCC3(CC2)CC3)[C@@H](C(=O)NCc2cccs2)C1. The van der Waals surface area contributed by atoms with E-state index in [0.717, 1.165) is 69.3 Å². The second-order valence-corrected chi connectivity index (χ2v) is 14.1. The van der Waals surface area contributed by atoms with Crippen LogP contribution in [0.25, 0.3) is 0 Å². The molecule has 5 rings (SSSR count). The van der Waals surface area contributed by atoms with Gasteiger partial charge in [0.25, 0.3) is 0 Å². The molecular formula is C32H51N5O3S. The average molecular weight is 586 g/mol. The molecule has 8 nitrogen and oxygen atoms in total. The van der Waals surface area contributed by atoms with E-state index in [1.165, 1.54) is 32.1 Å². The molecule has 2 aliphatic carbocycles. The van der Waals surface area contributed by atoms with Crippen molar-refractivity contribution in [3.05, 3.63) is 22.4 Å². The number of nitrogens with zero attached hydrogens (tertiary/aromatic N) is 2. The van der Waals surface area contributed by atoms with E-state index < -0.39 is 5.92 Å². The maximum Gasteiger partial charge on any atom is 0.317 e. The molecule has 228 valence electrons. The summed E-state index contributed by atoms with van der Waals surface area (Å²) in [5, 5.41) is 12.1. The maximum absolute atomic E-state index is 14.0. The topological polar surface area (TPSA) is 93.8 Å². The van der Waals surface area contributed by atoms with Crippen molar-refractivity contribution in [1.29, 1.82) is 0 Å². The molecule has 1 spiro atoms. The van der Waals surface area contributed by atoms with E-state index in [2.05, 4.69) is 22.9 Å². The van der Waals surface area contributed by atoms with Crippen molar-refractivity contribution >= 4 is 29.2 Å². The van der Waals surface area contributed by atoms with Crippen LogP contribution in [0.2, 0.25) is 0 Å². The Morgan fingerprint density at radius 1 is 1.00 bits per heavy atom. The average Bonchev–Trinajstić information content (AvgIpc) is 3.53. The summed E-state index contributed by atoms with van der Waals surface area (Å²) < 4.78 is 0. The molecule has 0 unspecified atom stereocenters. The van der Waals surface area contributed by atoms with Crippen LogP contribution in [0.15, 0.2) is 17.5 Å². The lowest BCUT2D eigenvalue weighted by atomic mass is 9.89. The van der Waals surface area contributed by atoms with Crippen molar-refractivity contribution in [1.82, 2.24) is 25.8 Å². The molecule has 0 aromatic carbocycles. The van der Waals surface area contributed by atoms with E-state index in [0.29, 0.717) is 37.5 Å². The first-order chi connectivity index (χ1) is 20.0. The first-order valence-electron chi connectivity index (χ1n) is 16.4. The van der Waals surface area contributed by atoms with E-state index in [1.807, 2.05) is 27.3 Å². The smallest absolute Gasteiger partial charge is 0.317 e. The molecule has 1 aromatic heterocycles. The Bertz CT molecular complexity index is 997. The first kappa shape index (κ1) is 30.3. The van der Waals surface area contributed by atoms with Gasteiger partial charge in [-0.2, -0.15) is 0 Å². The normalized spacial score (nSPS) is 25.1. The number of nitrogens with one attached hydrogen (secondary N) is 3. The lowest BCUT2D eigenvalue weighted by molar-refractivity contribution is -0.138. The van der Waals surface area contributed by atoms with Crippen molar-refractivity contribution in [2.24, 2.45) is 11.3 Å². The number of carbonyl (C=O) groups is 3. The molecule has 4 amide bonds. The highest BCUT2D eigenvalue weighted by atomic mass is 32.1. The highest BCUT2D eigenvalue weighted by Crippen LogP contribution is 2.53. The number of rotatable bonds is 11. The molecule has 0 radical (unpaired) electrons. The highest BCUT2D eigenvalue weighted by molar-refractivity contribution is 7.09. The fourth-order valence-corrected chi connectivity index (χ4v) is 7.72. The van der Waals surface area contributed by atoms with Crippen LogP contribution in [-0.2, 0) is 16.1 Å². The Balaban J connectivity index is 1.24. The Kier molecular flexibility index (Phi) is 10.6. The molecule has 2 saturated carbocycles. The Hall–Kier alpha value is -2.13. The summed E-state index contributed by atoms with van der Waals surface area (Å²) >= 11 is 1.62. The van der Waals surface area contributed by atoms with Crippen LogP contribution >= 0.6 is 11.3 Å². The molecule has 2 saturated heterocycles. The monoisotopic (exact) mass is 585 g/mol. The van der Waals surface area contributed by atoms with Crippen LogP contribution in [0.5, 0.6) is 0 Å². The Labute approximate surface area is 250 Å². The zero-order chi connectivity index (χ0) is 28.7. The molecular weight excluding hydrogens is 534 g/mol. The van der Waals surface area contributed by atoms with Crippen molar-refractivity contribution in [3.63, 3.8) is 0 Å². The summed E-state index contributed by atoms with van der Waals surface area (Å²) in [5.41, 5.74) is 0.506. The number of carbonyl (C=O) groups excluding carboxylic acids is 3. The quantitative estimate of drug-likeness (QED) is 0.317. The number of hydrogen-bond acceptors (Lipinski definition) is 5. The summed E-state index contributed by atoms with van der Waals surface area (Å²) in [5.74, 6) is -0.431. The molecule has 9 heteroatoms. The van der Waals surface area contributed by atoms with E-state index in [4.69, 9.17) is 0 Å². The van der Waals surface area contributed by atoms with Gasteiger partial charge in [0.05, 0.1) is 18.5 Å². The highest BCUT2D eigenvalue weighted by Gasteiger charge is 2.46. The third-order valence-corrected chi connectivity index (χ3v) is 11.0. The molecule has 3 atom stereocenters. The van der Waals surface area contributed by atoms with Gasteiger partial charge in [0.1, 0.15) is 0 Å². The fourth-order valence-electron chi connectivity index (χ4n) is 7.07. The fraction of sp³-hybridized carbons (Fsp3) is 0.781. The van der Waals surface area contributed by atoms with Crippen molar-refractivity contribution < 1.29 is 14.4 Å². The maximum atomic E-state index is 14.0. The molecule has 4 fully saturated rings. The van der Waals surface area contributed by atoms with E-state index in [-0.39, 0.29) is 29.9 Å². The molecule has 0 bridgehead atoms. The van der Waals surface area contributed by atoms with Gasteiger partial charge in [0.2, 0.25) is 11.8 Å². The zero-order valence-electron chi connectivity index (χ0n) is 25.0. The van der Waals surface area contributed by atoms with Gasteiger partial charge < -0.3 is 25.8 Å². The van der Waals surface area contributed by atoms with Gasteiger partial charge in [-0.15, -0.1) is 11.3 Å². The number of hydrogen-bond donors (Lipinski definition) is 3. The Morgan fingerprint density at radius 3 is 2.46 bits per heavy atom. The summed E-state index contributed by atoms with van der Waals surface area (Å²) in [7, 11) is 0. The minimum absolute atomic E-state index is 0.0576. The number of unbranched alkanes of at least 4 members (excludes halogenated alkanes) is 2. The molecule has 3 N–H and O–H groups in total. The van der Waals surface area contributed by atoms with Crippen LogP contribution in [-0.4, -0.2) is 71.9 Å². The number of urea groups is 1. The number of amides is 4. The third kappa shape index (κ3) is 8.25. The summed E-state index contributed by atoms with van der Waals surface area (Å²) in [6.07, 6.45) is 15.5. The largest absolute Gasteiger partial charge is 0.351 e. The summed E-state index contributed by atoms with van der Waals surface area (Å²) in [4.78, 5) is 45.8. The minimum atomic E-state index is -0.470. The summed E-state index contributed by atoms with van der Waals surface area (Å²) in [6, 6.07) is 3.86. The van der Waals surface area contributed by atoms with Gasteiger partial charge in [-0.25, -0.2) is 4.79 Å². The van der Waals surface area contributed by atoms with Crippen LogP contribution in [0, 0.1) is 11.3 Å². The van der Waals surface area contributed by atoms with Crippen LogP contribution in [0.4, 0.5) is 4.79 Å². The summed E-state index contributed by atoms with van der Waals surface area (Å²) in [6.45, 7) is 5.17. The van der Waals surface area contributed by atoms with Crippen LogP contribution in [0.1, 0.15) is 102 Å². The number of thiophene rings is 1. The van der Waals surface area contributed by atoms with E-state index >= 15 is 0 Å². The van der Waals surface area contributed by atoms with Crippen molar-refractivity contribution in [3.8, 4) is 0 Å². The van der Waals surface area contributed by atoms with Crippen LogP contribution < -0.4 is 16.0 Å². The Morgan fingerprint density at radius 2 is 1.78 bits per heavy atom. The molecule has 3 heterocycles. The second kappa shape index (κ2) is 14.4. The van der Waals surface area contributed by atoms with Gasteiger partial charge in [-0.05, 0) is 68.2 Å². The van der Waals surface area contributed by atoms with Gasteiger partial charge in [-0.1, -0.05) is 51.5 Å². The molecule has 2 aliphatic heterocycles. The number of likely N-dealkylation sites (tertiary alicyclic amines) is 2. The van der Waals surface area contributed by atoms with Crippen molar-refractivity contribution in [2.45, 2.75) is 121 Å². The van der Waals surface area contributed by atoms with Gasteiger partial charge in [0, 0.05) is 43.1 Å². The standard InChI is InChI=1S/C32H51N5O3S/c1-2-3-5-12-28(34-24-9-6-4-7-10-24)30(39)37-18-13-27(26(23-37)29(38)33-22-25-11-8-21-41-25)35-31(40)36-19-16-32(14-15-32)17-20-36/h8,11,21,24,26-28,34H,2-7,9-10,12-20,22-23H2,1H3,(H,33,38)(H,35,40)/t26-,27+,28+/m0/s1. The van der Waals surface area contributed by atoms with E-state index in [9.17, 15) is 14.4 Å². The predicted octanol–water partition coefficient (Wildman–Crippen LogP) is 5.04. The predicted molar refractivity (Wildman–Crippen MR) is 164 cm³/mol. The van der Waals surface area contributed by atoms with Crippen molar-refractivity contribution in [2.75, 3.05) is 26.2 Å². The zero-order valence-corrected chi connectivity index (χ0v) is 25.8. The second-order valence-electron chi connectivity index (χ2n) is 13.1. The first-order valence-corrected chi connectivity index (χ1v) is 17.2. The molecule has 41 heavy (non-hydrogen) atoms. The minimum Gasteiger partial charge on any atom is -0.351 e. The third-order valence-electron chi connectivity index (χ3n) is 10.1. The van der Waals surface area contributed by atoms with Crippen LogP contribution in [0.3, 0.4) is 0 Å². The van der Waals surface area contributed by atoms with Gasteiger partial charge in [0.15, 0.2) is 0 Å². The van der Waals surface area contributed by atoms with Gasteiger partial charge in [-0.3, -0.25) is 9.59 Å². The van der Waals surface area contributed by atoms with Gasteiger partial charge >= 0.3 is 6.03 Å².